The molecule has 1 amide bonds. The number of rotatable bonds is 9. The van der Waals surface area contributed by atoms with E-state index >= 15 is 0 Å². The van der Waals surface area contributed by atoms with Crippen LogP contribution < -0.4 is 15.4 Å². The molecule has 120 valence electrons. The van der Waals surface area contributed by atoms with Crippen LogP contribution >= 0.6 is 0 Å². The van der Waals surface area contributed by atoms with Crippen LogP contribution in [-0.2, 0) is 14.8 Å². The van der Waals surface area contributed by atoms with E-state index in [1.54, 1.807) is 20.8 Å². The summed E-state index contributed by atoms with van der Waals surface area (Å²) in [7, 11) is -3.27. The van der Waals surface area contributed by atoms with E-state index in [0.717, 1.165) is 19.1 Å². The molecule has 0 aliphatic heterocycles. The summed E-state index contributed by atoms with van der Waals surface area (Å²) in [5.74, 6) is -0.0612. The summed E-state index contributed by atoms with van der Waals surface area (Å²) < 4.78 is 25.0. The van der Waals surface area contributed by atoms with E-state index < -0.39 is 15.6 Å². The van der Waals surface area contributed by atoms with Crippen LogP contribution in [-0.4, -0.2) is 44.7 Å². The molecule has 1 unspecified atom stereocenters. The van der Waals surface area contributed by atoms with E-state index in [0.29, 0.717) is 6.54 Å². The molecule has 0 spiro atoms. The van der Waals surface area contributed by atoms with Gasteiger partial charge < -0.3 is 10.6 Å². The smallest absolute Gasteiger partial charge is 0.237 e. The summed E-state index contributed by atoms with van der Waals surface area (Å²) in [5.41, 5.74) is -0.642. The maximum Gasteiger partial charge on any atom is 0.237 e. The van der Waals surface area contributed by atoms with Gasteiger partial charge in [0.25, 0.3) is 0 Å². The SMILES string of the molecule is CCC(CC)NC(=O)C(C)NCC(C)(C)NS(C)(=O)=O. The maximum absolute atomic E-state index is 12.0. The number of amides is 1. The standard InChI is InChI=1S/C13H29N3O3S/c1-7-11(8-2)15-12(17)10(3)14-9-13(4,5)16-20(6,18)19/h10-11,14,16H,7-9H2,1-6H3,(H,15,17). The van der Waals surface area contributed by atoms with Gasteiger partial charge in [0.15, 0.2) is 0 Å². The van der Waals surface area contributed by atoms with Gasteiger partial charge in [-0.05, 0) is 33.6 Å². The summed E-state index contributed by atoms with van der Waals surface area (Å²) in [4.78, 5) is 12.0. The summed E-state index contributed by atoms with van der Waals surface area (Å²) in [6.07, 6.45) is 2.92. The molecule has 0 aromatic carbocycles. The van der Waals surface area contributed by atoms with Crippen LogP contribution in [0.5, 0.6) is 0 Å². The second-order valence-electron chi connectivity index (χ2n) is 5.88. The Hall–Kier alpha value is -0.660. The number of carbonyl (C=O) groups is 1. The van der Waals surface area contributed by atoms with Crippen molar-refractivity contribution in [2.45, 2.75) is 65.1 Å². The van der Waals surface area contributed by atoms with Crippen molar-refractivity contribution in [3.05, 3.63) is 0 Å². The topological polar surface area (TPSA) is 87.3 Å². The Balaban J connectivity index is 4.33. The number of nitrogens with one attached hydrogen (secondary N) is 3. The van der Waals surface area contributed by atoms with Crippen LogP contribution in [0.2, 0.25) is 0 Å². The van der Waals surface area contributed by atoms with Crippen LogP contribution in [0.1, 0.15) is 47.5 Å². The first-order chi connectivity index (χ1) is 9.00. The predicted octanol–water partition coefficient (Wildman–Crippen LogP) is 0.597. The molecule has 0 rings (SSSR count). The molecule has 1 atom stereocenters. The molecular formula is C13H29N3O3S. The lowest BCUT2D eigenvalue weighted by molar-refractivity contribution is -0.123. The lowest BCUT2D eigenvalue weighted by atomic mass is 10.1. The highest BCUT2D eigenvalue weighted by molar-refractivity contribution is 7.88. The fourth-order valence-corrected chi connectivity index (χ4v) is 2.93. The number of hydrogen-bond donors (Lipinski definition) is 3. The lowest BCUT2D eigenvalue weighted by Gasteiger charge is -2.27. The van der Waals surface area contributed by atoms with Crippen molar-refractivity contribution in [3.8, 4) is 0 Å². The first kappa shape index (κ1) is 19.3. The third-order valence-electron chi connectivity index (χ3n) is 3.04. The van der Waals surface area contributed by atoms with Gasteiger partial charge in [0.2, 0.25) is 15.9 Å². The molecule has 0 aliphatic rings. The van der Waals surface area contributed by atoms with Gasteiger partial charge in [0.05, 0.1) is 12.3 Å². The number of hydrogen-bond acceptors (Lipinski definition) is 4. The summed E-state index contributed by atoms with van der Waals surface area (Å²) in [6.45, 7) is 9.75. The average Bonchev–Trinajstić information content (AvgIpc) is 2.29. The molecule has 0 fully saturated rings. The minimum atomic E-state index is -3.27. The molecule has 0 aromatic heterocycles. The monoisotopic (exact) mass is 307 g/mol. The van der Waals surface area contributed by atoms with E-state index in [9.17, 15) is 13.2 Å². The Bertz CT molecular complexity index is 403. The van der Waals surface area contributed by atoms with Gasteiger partial charge in [-0.15, -0.1) is 0 Å². The van der Waals surface area contributed by atoms with Gasteiger partial charge in [-0.1, -0.05) is 13.8 Å². The fourth-order valence-electron chi connectivity index (χ4n) is 1.86. The highest BCUT2D eigenvalue weighted by atomic mass is 32.2. The van der Waals surface area contributed by atoms with E-state index in [1.165, 1.54) is 0 Å². The molecule has 6 nitrogen and oxygen atoms in total. The Morgan fingerprint density at radius 2 is 1.70 bits per heavy atom. The molecule has 0 saturated carbocycles. The third kappa shape index (κ3) is 8.50. The van der Waals surface area contributed by atoms with Crippen LogP contribution in [0.25, 0.3) is 0 Å². The lowest BCUT2D eigenvalue weighted by Crippen LogP contribution is -2.54. The molecule has 3 N–H and O–H groups in total. The van der Waals surface area contributed by atoms with Crippen LogP contribution in [0.15, 0.2) is 0 Å². The van der Waals surface area contributed by atoms with E-state index in [1.807, 2.05) is 13.8 Å². The fraction of sp³-hybridized carbons (Fsp3) is 0.923. The van der Waals surface area contributed by atoms with Crippen molar-refractivity contribution in [2.24, 2.45) is 0 Å². The van der Waals surface area contributed by atoms with Gasteiger partial charge >= 0.3 is 0 Å². The van der Waals surface area contributed by atoms with Crippen molar-refractivity contribution in [3.63, 3.8) is 0 Å². The quantitative estimate of drug-likeness (QED) is 0.582. The Morgan fingerprint density at radius 3 is 2.10 bits per heavy atom. The van der Waals surface area contributed by atoms with Gasteiger partial charge in [-0.3, -0.25) is 4.79 Å². The molecule has 7 heteroatoms. The predicted molar refractivity (Wildman–Crippen MR) is 82.0 cm³/mol. The summed E-state index contributed by atoms with van der Waals surface area (Å²) in [6, 6.07) is -0.176. The van der Waals surface area contributed by atoms with Crippen molar-refractivity contribution >= 4 is 15.9 Å². The zero-order chi connectivity index (χ0) is 16.0. The Morgan fingerprint density at radius 1 is 1.20 bits per heavy atom. The van der Waals surface area contributed by atoms with Gasteiger partial charge in [0.1, 0.15) is 0 Å². The van der Waals surface area contributed by atoms with E-state index in [2.05, 4.69) is 15.4 Å². The first-order valence-corrected chi connectivity index (χ1v) is 8.92. The molecule has 0 aromatic rings. The van der Waals surface area contributed by atoms with Crippen molar-refractivity contribution in [1.82, 2.24) is 15.4 Å². The largest absolute Gasteiger partial charge is 0.352 e. The molecule has 0 bridgehead atoms. The van der Waals surface area contributed by atoms with Gasteiger partial charge in [0, 0.05) is 18.1 Å². The van der Waals surface area contributed by atoms with E-state index in [4.69, 9.17) is 0 Å². The summed E-state index contributed by atoms with van der Waals surface area (Å²) >= 11 is 0. The zero-order valence-electron chi connectivity index (χ0n) is 13.4. The van der Waals surface area contributed by atoms with Gasteiger partial charge in [-0.25, -0.2) is 13.1 Å². The average molecular weight is 307 g/mol. The highest BCUT2D eigenvalue weighted by Gasteiger charge is 2.24. The van der Waals surface area contributed by atoms with Crippen molar-refractivity contribution in [1.29, 1.82) is 0 Å². The van der Waals surface area contributed by atoms with Crippen molar-refractivity contribution in [2.75, 3.05) is 12.8 Å². The van der Waals surface area contributed by atoms with Crippen LogP contribution in [0.4, 0.5) is 0 Å². The molecule has 0 heterocycles. The molecule has 20 heavy (non-hydrogen) atoms. The van der Waals surface area contributed by atoms with E-state index in [-0.39, 0.29) is 18.0 Å². The van der Waals surface area contributed by atoms with Gasteiger partial charge in [-0.2, -0.15) is 0 Å². The third-order valence-corrected chi connectivity index (χ3v) is 3.96. The second kappa shape index (κ2) is 7.95. The van der Waals surface area contributed by atoms with Crippen molar-refractivity contribution < 1.29 is 13.2 Å². The zero-order valence-corrected chi connectivity index (χ0v) is 14.2. The summed E-state index contributed by atoms with van der Waals surface area (Å²) in [5, 5.41) is 6.02. The highest BCUT2D eigenvalue weighted by Crippen LogP contribution is 2.03. The Kier molecular flexibility index (Phi) is 7.69. The van der Waals surface area contributed by atoms with Crippen LogP contribution in [0.3, 0.4) is 0 Å². The molecule has 0 saturated heterocycles. The normalized spacial score (nSPS) is 14.3. The number of carbonyl (C=O) groups excluding carboxylic acids is 1. The second-order valence-corrected chi connectivity index (χ2v) is 7.63. The molecule has 0 aliphatic carbocycles. The minimum absolute atomic E-state index is 0.0612. The molecule has 0 radical (unpaired) electrons. The molecular weight excluding hydrogens is 278 g/mol. The number of sulfonamides is 1. The van der Waals surface area contributed by atoms with Crippen LogP contribution in [0, 0.1) is 0 Å². The minimum Gasteiger partial charge on any atom is -0.352 e. The first-order valence-electron chi connectivity index (χ1n) is 7.03. The Labute approximate surface area is 123 Å². The maximum atomic E-state index is 12.0.